The molecule has 0 bridgehead atoms. The van der Waals surface area contributed by atoms with Gasteiger partial charge in [-0.1, -0.05) is 23.7 Å². The number of imidazole rings is 1. The number of aromatic nitrogens is 4. The lowest BCUT2D eigenvalue weighted by Crippen LogP contribution is -1.87. The fraction of sp³-hybridized carbons (Fsp3) is 0. The van der Waals surface area contributed by atoms with Crippen LogP contribution in [0.15, 0.2) is 40.6 Å². The fourth-order valence-corrected chi connectivity index (χ4v) is 2.63. The number of nitrogens with one attached hydrogen (secondary N) is 1. The molecule has 0 aliphatic carbocycles. The molecule has 0 aliphatic heterocycles. The van der Waals surface area contributed by atoms with Crippen molar-refractivity contribution in [2.24, 2.45) is 0 Å². The van der Waals surface area contributed by atoms with Crippen molar-refractivity contribution < 1.29 is 0 Å². The summed E-state index contributed by atoms with van der Waals surface area (Å²) >= 11 is 13.1. The molecule has 90 valence electrons. The standard InChI is InChI=1S/C11H6Cl2N4S/c12-6-5-14-10(13)17-9(6)18-11-15-7-3-1-2-4-8(7)16-11/h1-5H,(H,15,16). The number of para-hydroxylation sites is 2. The molecule has 2 heterocycles. The molecule has 0 saturated heterocycles. The van der Waals surface area contributed by atoms with Crippen LogP contribution in [0.1, 0.15) is 0 Å². The Kier molecular flexibility index (Phi) is 3.11. The number of rotatable bonds is 2. The first-order valence-corrected chi connectivity index (χ1v) is 6.60. The monoisotopic (exact) mass is 296 g/mol. The highest BCUT2D eigenvalue weighted by atomic mass is 35.5. The molecule has 2 aromatic heterocycles. The van der Waals surface area contributed by atoms with Crippen molar-refractivity contribution in [3.05, 3.63) is 40.8 Å². The largest absolute Gasteiger partial charge is 0.333 e. The normalized spacial score (nSPS) is 11.0. The van der Waals surface area contributed by atoms with Crippen LogP contribution < -0.4 is 0 Å². The Hall–Kier alpha value is -1.30. The van der Waals surface area contributed by atoms with Crippen LogP contribution in [0.3, 0.4) is 0 Å². The van der Waals surface area contributed by atoms with E-state index in [1.165, 1.54) is 18.0 Å². The van der Waals surface area contributed by atoms with Gasteiger partial charge in [-0.25, -0.2) is 15.0 Å². The Morgan fingerprint density at radius 2 is 1.94 bits per heavy atom. The van der Waals surface area contributed by atoms with Crippen molar-refractivity contribution in [3.8, 4) is 0 Å². The number of aromatic amines is 1. The van der Waals surface area contributed by atoms with Crippen molar-refractivity contribution in [2.75, 3.05) is 0 Å². The third-order valence-electron chi connectivity index (χ3n) is 2.24. The number of H-pyrrole nitrogens is 1. The summed E-state index contributed by atoms with van der Waals surface area (Å²) in [6.07, 6.45) is 1.47. The first-order valence-electron chi connectivity index (χ1n) is 5.03. The summed E-state index contributed by atoms with van der Waals surface area (Å²) in [7, 11) is 0. The number of fused-ring (bicyclic) bond motifs is 1. The van der Waals surface area contributed by atoms with E-state index in [1.54, 1.807) is 0 Å². The van der Waals surface area contributed by atoms with E-state index in [1.807, 2.05) is 24.3 Å². The van der Waals surface area contributed by atoms with Crippen LogP contribution in [-0.2, 0) is 0 Å². The molecule has 0 atom stereocenters. The maximum absolute atomic E-state index is 6.00. The van der Waals surface area contributed by atoms with E-state index in [2.05, 4.69) is 19.9 Å². The Morgan fingerprint density at radius 3 is 2.78 bits per heavy atom. The van der Waals surface area contributed by atoms with Crippen molar-refractivity contribution in [1.82, 2.24) is 19.9 Å². The van der Waals surface area contributed by atoms with E-state index in [0.717, 1.165) is 11.0 Å². The molecule has 0 saturated carbocycles. The van der Waals surface area contributed by atoms with E-state index < -0.39 is 0 Å². The summed E-state index contributed by atoms with van der Waals surface area (Å²) in [6.45, 7) is 0. The quantitative estimate of drug-likeness (QED) is 0.577. The van der Waals surface area contributed by atoms with Crippen LogP contribution in [0.25, 0.3) is 11.0 Å². The Balaban J connectivity index is 1.98. The average molecular weight is 297 g/mol. The molecule has 1 aromatic carbocycles. The molecule has 0 aliphatic rings. The van der Waals surface area contributed by atoms with Gasteiger partial charge in [-0.05, 0) is 35.5 Å². The SMILES string of the molecule is Clc1ncc(Cl)c(Sc2nc3ccccc3[nH]2)n1. The molecular weight excluding hydrogens is 291 g/mol. The first-order chi connectivity index (χ1) is 8.72. The molecule has 4 nitrogen and oxygen atoms in total. The molecule has 0 fully saturated rings. The lowest BCUT2D eigenvalue weighted by Gasteiger charge is -1.99. The molecule has 18 heavy (non-hydrogen) atoms. The lowest BCUT2D eigenvalue weighted by atomic mass is 10.3. The third-order valence-corrected chi connectivity index (χ3v) is 3.71. The van der Waals surface area contributed by atoms with Crippen molar-refractivity contribution in [2.45, 2.75) is 10.2 Å². The predicted molar refractivity (Wildman–Crippen MR) is 72.3 cm³/mol. The van der Waals surface area contributed by atoms with Gasteiger partial charge in [0.25, 0.3) is 0 Å². The number of hydrogen-bond donors (Lipinski definition) is 1. The molecule has 0 unspecified atom stereocenters. The van der Waals surface area contributed by atoms with E-state index in [9.17, 15) is 0 Å². The summed E-state index contributed by atoms with van der Waals surface area (Å²) in [5, 5.41) is 1.91. The molecule has 3 rings (SSSR count). The van der Waals surface area contributed by atoms with Crippen molar-refractivity contribution >= 4 is 46.0 Å². The first kappa shape index (κ1) is 11.8. The van der Waals surface area contributed by atoms with Crippen molar-refractivity contribution in [3.63, 3.8) is 0 Å². The maximum atomic E-state index is 6.00. The molecule has 0 spiro atoms. The summed E-state index contributed by atoms with van der Waals surface area (Å²) in [5.41, 5.74) is 1.87. The van der Waals surface area contributed by atoms with Crippen LogP contribution in [0.5, 0.6) is 0 Å². The van der Waals surface area contributed by atoms with E-state index in [0.29, 0.717) is 15.2 Å². The highest BCUT2D eigenvalue weighted by molar-refractivity contribution is 7.99. The summed E-state index contributed by atoms with van der Waals surface area (Å²) in [6, 6.07) is 7.78. The van der Waals surface area contributed by atoms with Gasteiger partial charge < -0.3 is 4.98 Å². The zero-order chi connectivity index (χ0) is 12.5. The van der Waals surface area contributed by atoms with E-state index in [4.69, 9.17) is 23.2 Å². The van der Waals surface area contributed by atoms with E-state index in [-0.39, 0.29) is 5.28 Å². The predicted octanol–water partition coefficient (Wildman–Crippen LogP) is 3.81. The minimum atomic E-state index is 0.165. The van der Waals surface area contributed by atoms with Gasteiger partial charge in [0.05, 0.1) is 22.3 Å². The van der Waals surface area contributed by atoms with Gasteiger partial charge in [-0.15, -0.1) is 0 Å². The van der Waals surface area contributed by atoms with Gasteiger partial charge in [-0.2, -0.15) is 0 Å². The number of benzene rings is 1. The summed E-state index contributed by atoms with van der Waals surface area (Å²) in [5.74, 6) is 0. The zero-order valence-corrected chi connectivity index (χ0v) is 11.2. The van der Waals surface area contributed by atoms with Crippen LogP contribution in [0.2, 0.25) is 10.3 Å². The molecule has 7 heteroatoms. The van der Waals surface area contributed by atoms with Crippen molar-refractivity contribution in [1.29, 1.82) is 0 Å². The third kappa shape index (κ3) is 2.29. The average Bonchev–Trinajstić information content (AvgIpc) is 2.76. The minimum absolute atomic E-state index is 0.165. The summed E-state index contributed by atoms with van der Waals surface area (Å²) in [4.78, 5) is 15.5. The van der Waals surface area contributed by atoms with Gasteiger partial charge in [0.1, 0.15) is 5.03 Å². The van der Waals surface area contributed by atoms with Gasteiger partial charge in [-0.3, -0.25) is 0 Å². The second-order valence-corrected chi connectivity index (χ2v) is 5.18. The maximum Gasteiger partial charge on any atom is 0.223 e. The van der Waals surface area contributed by atoms with Crippen LogP contribution >= 0.6 is 35.0 Å². The Labute approximate surface area is 117 Å². The highest BCUT2D eigenvalue weighted by Gasteiger charge is 2.09. The molecule has 0 radical (unpaired) electrons. The number of nitrogens with zero attached hydrogens (tertiary/aromatic N) is 3. The Bertz CT molecular complexity index is 680. The van der Waals surface area contributed by atoms with E-state index >= 15 is 0 Å². The summed E-state index contributed by atoms with van der Waals surface area (Å²) < 4.78 is 0. The number of halogens is 2. The lowest BCUT2D eigenvalue weighted by molar-refractivity contribution is 1.02. The van der Waals surface area contributed by atoms with Gasteiger partial charge in [0, 0.05) is 0 Å². The second-order valence-electron chi connectivity index (χ2n) is 3.45. The topological polar surface area (TPSA) is 54.5 Å². The van der Waals surface area contributed by atoms with Gasteiger partial charge in [0.15, 0.2) is 5.16 Å². The number of hydrogen-bond acceptors (Lipinski definition) is 4. The van der Waals surface area contributed by atoms with Gasteiger partial charge >= 0.3 is 0 Å². The van der Waals surface area contributed by atoms with Crippen LogP contribution in [-0.4, -0.2) is 19.9 Å². The molecular formula is C11H6Cl2N4S. The van der Waals surface area contributed by atoms with Crippen LogP contribution in [0.4, 0.5) is 0 Å². The van der Waals surface area contributed by atoms with Gasteiger partial charge in [0.2, 0.25) is 5.28 Å². The Morgan fingerprint density at radius 1 is 1.11 bits per heavy atom. The molecule has 1 N–H and O–H groups in total. The zero-order valence-electron chi connectivity index (χ0n) is 8.89. The molecule has 3 aromatic rings. The smallest absolute Gasteiger partial charge is 0.223 e. The second kappa shape index (κ2) is 4.76. The fourth-order valence-electron chi connectivity index (χ4n) is 1.47. The van der Waals surface area contributed by atoms with Crippen LogP contribution in [0, 0.1) is 0 Å². The molecule has 0 amide bonds. The highest BCUT2D eigenvalue weighted by Crippen LogP contribution is 2.31. The minimum Gasteiger partial charge on any atom is -0.333 e.